The van der Waals surface area contributed by atoms with Crippen LogP contribution in [0.4, 0.5) is 10.2 Å². The number of aryl methyl sites for hydroxylation is 1. The van der Waals surface area contributed by atoms with E-state index in [0.29, 0.717) is 11.3 Å². The van der Waals surface area contributed by atoms with Gasteiger partial charge in [-0.05, 0) is 18.2 Å². The first-order valence-electron chi connectivity index (χ1n) is 5.12. The van der Waals surface area contributed by atoms with Crippen LogP contribution in [0.15, 0.2) is 35.0 Å². The van der Waals surface area contributed by atoms with Gasteiger partial charge in [0.1, 0.15) is 5.82 Å². The van der Waals surface area contributed by atoms with Crippen LogP contribution in [-0.2, 0) is 7.05 Å². The van der Waals surface area contributed by atoms with Gasteiger partial charge in [0.25, 0.3) is 0 Å². The second-order valence-corrected chi connectivity index (χ2v) is 3.93. The maximum Gasteiger partial charge on any atom is 0.172 e. The summed E-state index contributed by atoms with van der Waals surface area (Å²) in [5.41, 5.74) is 6.75. The molecule has 0 saturated carbocycles. The number of nitrogens with two attached hydrogens (primary N) is 1. The quantitative estimate of drug-likeness (QED) is 0.700. The van der Waals surface area contributed by atoms with Crippen molar-refractivity contribution in [1.29, 1.82) is 0 Å². The topological polar surface area (TPSA) is 57.0 Å². The second-order valence-electron chi connectivity index (χ2n) is 3.93. The summed E-state index contributed by atoms with van der Waals surface area (Å²) in [6, 6.07) is 6.57. The van der Waals surface area contributed by atoms with Crippen LogP contribution >= 0.6 is 0 Å². The number of hydrogen-bond acceptors (Lipinski definition) is 3. The molecule has 17 heavy (non-hydrogen) atoms. The van der Waals surface area contributed by atoms with E-state index in [2.05, 4.69) is 5.16 Å². The Labute approximate surface area is 96.4 Å². The fourth-order valence-corrected chi connectivity index (χ4v) is 1.89. The summed E-state index contributed by atoms with van der Waals surface area (Å²) in [6.45, 7) is 0. The van der Waals surface area contributed by atoms with E-state index in [1.54, 1.807) is 6.07 Å². The van der Waals surface area contributed by atoms with Crippen LogP contribution < -0.4 is 5.73 Å². The van der Waals surface area contributed by atoms with Gasteiger partial charge in [-0.2, -0.15) is 0 Å². The molecule has 4 nitrogen and oxygen atoms in total. The number of rotatable bonds is 1. The molecule has 2 aromatic heterocycles. The minimum Gasteiger partial charge on any atom is -0.381 e. The van der Waals surface area contributed by atoms with Crippen molar-refractivity contribution in [1.82, 2.24) is 9.72 Å². The first kappa shape index (κ1) is 9.89. The van der Waals surface area contributed by atoms with Crippen LogP contribution in [0.25, 0.3) is 22.2 Å². The molecule has 0 aliphatic heterocycles. The zero-order valence-electron chi connectivity index (χ0n) is 9.14. The van der Waals surface area contributed by atoms with E-state index in [4.69, 9.17) is 10.3 Å². The molecule has 0 fully saturated rings. The van der Waals surface area contributed by atoms with Crippen LogP contribution in [0.5, 0.6) is 0 Å². The number of nitrogens with zero attached hydrogens (tertiary/aromatic N) is 2. The Balaban J connectivity index is 2.28. The van der Waals surface area contributed by atoms with Crippen LogP contribution in [0.2, 0.25) is 0 Å². The van der Waals surface area contributed by atoms with Crippen LogP contribution in [0.3, 0.4) is 0 Å². The van der Waals surface area contributed by atoms with E-state index in [1.165, 1.54) is 12.1 Å². The SMILES string of the molecule is Cn1ccc2cc(F)c(-c3cc(N)no3)cc21. The Hall–Kier alpha value is -2.30. The summed E-state index contributed by atoms with van der Waals surface area (Å²) >= 11 is 0. The summed E-state index contributed by atoms with van der Waals surface area (Å²) in [4.78, 5) is 0. The second kappa shape index (κ2) is 3.35. The van der Waals surface area contributed by atoms with Crippen molar-refractivity contribution < 1.29 is 8.91 Å². The Morgan fingerprint density at radius 2 is 2.18 bits per heavy atom. The van der Waals surface area contributed by atoms with Crippen molar-refractivity contribution in [3.05, 3.63) is 36.3 Å². The van der Waals surface area contributed by atoms with Crippen molar-refractivity contribution in [3.8, 4) is 11.3 Å². The molecule has 0 radical (unpaired) electrons. The maximum atomic E-state index is 13.9. The molecule has 0 amide bonds. The highest BCUT2D eigenvalue weighted by Crippen LogP contribution is 2.28. The zero-order valence-corrected chi connectivity index (χ0v) is 9.14. The largest absolute Gasteiger partial charge is 0.381 e. The predicted molar refractivity (Wildman–Crippen MR) is 62.8 cm³/mol. The number of anilines is 1. The lowest BCUT2D eigenvalue weighted by atomic mass is 10.1. The van der Waals surface area contributed by atoms with Crippen LogP contribution in [0, 0.1) is 5.82 Å². The molecule has 1 aromatic carbocycles. The van der Waals surface area contributed by atoms with Gasteiger partial charge in [-0.1, -0.05) is 5.16 Å². The molecular weight excluding hydrogens is 221 g/mol. The average molecular weight is 231 g/mol. The summed E-state index contributed by atoms with van der Waals surface area (Å²) in [6.07, 6.45) is 1.88. The van der Waals surface area contributed by atoms with Crippen molar-refractivity contribution in [3.63, 3.8) is 0 Å². The lowest BCUT2D eigenvalue weighted by molar-refractivity contribution is 0.433. The molecule has 0 spiro atoms. The third-order valence-corrected chi connectivity index (χ3v) is 2.77. The molecule has 0 aliphatic carbocycles. The Morgan fingerprint density at radius 3 is 2.88 bits per heavy atom. The van der Waals surface area contributed by atoms with E-state index >= 15 is 0 Å². The van der Waals surface area contributed by atoms with E-state index in [9.17, 15) is 4.39 Å². The minimum absolute atomic E-state index is 0.242. The highest BCUT2D eigenvalue weighted by Gasteiger charge is 2.13. The number of halogens is 1. The number of hydrogen-bond donors (Lipinski definition) is 1. The molecule has 86 valence electrons. The highest BCUT2D eigenvalue weighted by molar-refractivity contribution is 5.85. The molecule has 2 heterocycles. The van der Waals surface area contributed by atoms with Gasteiger partial charge in [0, 0.05) is 30.2 Å². The third kappa shape index (κ3) is 1.47. The zero-order chi connectivity index (χ0) is 12.0. The molecule has 0 aliphatic rings. The molecule has 5 heteroatoms. The average Bonchev–Trinajstić information content (AvgIpc) is 2.85. The Bertz CT molecular complexity index is 699. The van der Waals surface area contributed by atoms with Crippen molar-refractivity contribution in [2.24, 2.45) is 7.05 Å². The molecule has 3 aromatic rings. The van der Waals surface area contributed by atoms with Crippen molar-refractivity contribution in [2.45, 2.75) is 0 Å². The van der Waals surface area contributed by atoms with Gasteiger partial charge < -0.3 is 14.8 Å². The molecule has 0 bridgehead atoms. The number of aromatic nitrogens is 2. The van der Waals surface area contributed by atoms with Gasteiger partial charge in [-0.15, -0.1) is 0 Å². The minimum atomic E-state index is -0.347. The van der Waals surface area contributed by atoms with Gasteiger partial charge >= 0.3 is 0 Å². The molecule has 2 N–H and O–H groups in total. The van der Waals surface area contributed by atoms with E-state index in [0.717, 1.165) is 10.9 Å². The summed E-state index contributed by atoms with van der Waals surface area (Å²) in [7, 11) is 1.90. The van der Waals surface area contributed by atoms with Crippen molar-refractivity contribution >= 4 is 16.7 Å². The molecule has 0 saturated heterocycles. The summed E-state index contributed by atoms with van der Waals surface area (Å²) < 4.78 is 20.8. The smallest absolute Gasteiger partial charge is 0.172 e. The molecule has 0 unspecified atom stereocenters. The van der Waals surface area contributed by atoms with Gasteiger partial charge in [0.15, 0.2) is 11.6 Å². The summed E-state index contributed by atoms with van der Waals surface area (Å²) in [5, 5.41) is 4.40. The number of fused-ring (bicyclic) bond motifs is 1. The first-order chi connectivity index (χ1) is 8.15. The predicted octanol–water partition coefficient (Wildman–Crippen LogP) is 2.55. The first-order valence-corrected chi connectivity index (χ1v) is 5.12. The lowest BCUT2D eigenvalue weighted by Gasteiger charge is -2.01. The highest BCUT2D eigenvalue weighted by atomic mass is 19.1. The molecule has 0 atom stereocenters. The van der Waals surface area contributed by atoms with Gasteiger partial charge in [-0.3, -0.25) is 0 Å². The van der Waals surface area contributed by atoms with Crippen LogP contribution in [-0.4, -0.2) is 9.72 Å². The Morgan fingerprint density at radius 1 is 1.35 bits per heavy atom. The number of nitrogen functional groups attached to an aromatic ring is 1. The molecule has 3 rings (SSSR count). The van der Waals surface area contributed by atoms with Crippen molar-refractivity contribution in [2.75, 3.05) is 5.73 Å². The lowest BCUT2D eigenvalue weighted by Crippen LogP contribution is -1.87. The van der Waals surface area contributed by atoms with Gasteiger partial charge in [0.2, 0.25) is 0 Å². The Kier molecular flexibility index (Phi) is 1.95. The summed E-state index contributed by atoms with van der Waals surface area (Å²) in [5.74, 6) is 0.231. The van der Waals surface area contributed by atoms with Gasteiger partial charge in [-0.25, -0.2) is 4.39 Å². The monoisotopic (exact) mass is 231 g/mol. The van der Waals surface area contributed by atoms with Crippen LogP contribution in [0.1, 0.15) is 0 Å². The standard InChI is InChI=1S/C12H10FN3O/c1-16-3-2-7-4-9(13)8(5-10(7)16)11-6-12(14)15-17-11/h2-6H,1H3,(H2,14,15). The maximum absolute atomic E-state index is 13.9. The van der Waals surface area contributed by atoms with E-state index < -0.39 is 0 Å². The fourth-order valence-electron chi connectivity index (χ4n) is 1.89. The third-order valence-electron chi connectivity index (χ3n) is 2.77. The number of benzene rings is 1. The van der Waals surface area contributed by atoms with E-state index in [1.807, 2.05) is 23.9 Å². The molecular formula is C12H10FN3O. The van der Waals surface area contributed by atoms with E-state index in [-0.39, 0.29) is 11.6 Å². The normalized spacial score (nSPS) is 11.2. The fraction of sp³-hybridized carbons (Fsp3) is 0.0833. The van der Waals surface area contributed by atoms with Gasteiger partial charge in [0.05, 0.1) is 5.56 Å².